The first kappa shape index (κ1) is 32.1. The van der Waals surface area contributed by atoms with Crippen LogP contribution in [-0.4, -0.2) is 34.3 Å². The number of halogens is 6. The first-order chi connectivity index (χ1) is 15.9. The molecule has 0 spiro atoms. The molecule has 2 nitrogen and oxygen atoms in total. The Morgan fingerprint density at radius 3 is 2.03 bits per heavy atom. The van der Waals surface area contributed by atoms with E-state index in [9.17, 15) is 36.6 Å². The van der Waals surface area contributed by atoms with Gasteiger partial charge in [-0.15, -0.1) is 0 Å². The summed E-state index contributed by atoms with van der Waals surface area (Å²) in [6.45, 7) is 12.4. The summed E-state index contributed by atoms with van der Waals surface area (Å²) < 4.78 is 78.2. The van der Waals surface area contributed by atoms with Gasteiger partial charge in [0, 0.05) is 6.42 Å². The van der Waals surface area contributed by atoms with Crippen LogP contribution in [0.4, 0.5) is 26.3 Å². The summed E-state index contributed by atoms with van der Waals surface area (Å²) in [4.78, 5) is 0. The molecule has 0 aliphatic heterocycles. The van der Waals surface area contributed by atoms with Crippen LogP contribution in [0.25, 0.3) is 0 Å². The van der Waals surface area contributed by atoms with Crippen molar-refractivity contribution < 1.29 is 36.6 Å². The second-order valence-electron chi connectivity index (χ2n) is 11.5. The van der Waals surface area contributed by atoms with Gasteiger partial charge in [0.15, 0.2) is 0 Å². The van der Waals surface area contributed by atoms with E-state index in [1.807, 2.05) is 6.92 Å². The third-order valence-electron chi connectivity index (χ3n) is 8.04. The van der Waals surface area contributed by atoms with Gasteiger partial charge in [-0.25, -0.2) is 0 Å². The monoisotopic (exact) mass is 514 g/mol. The lowest BCUT2D eigenvalue weighted by atomic mass is 9.56. The van der Waals surface area contributed by atoms with Crippen LogP contribution < -0.4 is 0 Å². The molecule has 0 amide bonds. The number of rotatable bonds is 6. The smallest absolute Gasteiger partial charge is 0.393 e. The molecule has 2 fully saturated rings. The molecule has 2 N–H and O–H groups in total. The lowest BCUT2D eigenvalue weighted by Crippen LogP contribution is -2.55. The van der Waals surface area contributed by atoms with Crippen LogP contribution in [-0.2, 0) is 0 Å². The number of aliphatic hydroxyl groups is 2. The standard InChI is InChI=1S/C24H36F6O2.C3H8/c1-16(2)8-5-12-20(3,13-7-15-22(32,23(25,26)27)24(28,29)30)19-11-10-17-18(31)9-6-14-21(17,19)4;1-3-2/h16-19,31-32H,5-6,8-14H2,1-4H3;3H2,1-2H3/t17?,18-,19+,20+,21-;/m0./s1. The van der Waals surface area contributed by atoms with Crippen LogP contribution in [0.15, 0.2) is 0 Å². The average molecular weight is 515 g/mol. The number of hydrogen-bond acceptors (Lipinski definition) is 2. The number of hydrogen-bond donors (Lipinski definition) is 2. The molecule has 206 valence electrons. The molecule has 2 saturated carbocycles. The summed E-state index contributed by atoms with van der Waals surface area (Å²) in [7, 11) is 0. The highest BCUT2D eigenvalue weighted by atomic mass is 19.4. The Bertz CT molecular complexity index is 706. The van der Waals surface area contributed by atoms with Crippen molar-refractivity contribution in [3.8, 4) is 11.8 Å². The zero-order valence-electron chi connectivity index (χ0n) is 22.0. The number of aliphatic hydroxyl groups excluding tert-OH is 1. The van der Waals surface area contributed by atoms with E-state index in [1.165, 1.54) is 6.42 Å². The van der Waals surface area contributed by atoms with E-state index in [0.717, 1.165) is 50.9 Å². The van der Waals surface area contributed by atoms with E-state index in [-0.39, 0.29) is 23.7 Å². The molecule has 2 rings (SSSR count). The fourth-order valence-electron chi connectivity index (χ4n) is 6.27. The molecule has 0 heterocycles. The Morgan fingerprint density at radius 2 is 1.54 bits per heavy atom. The summed E-state index contributed by atoms with van der Waals surface area (Å²) in [6, 6.07) is 0. The van der Waals surface area contributed by atoms with Gasteiger partial charge in [-0.05, 0) is 66.6 Å². The first-order valence-electron chi connectivity index (χ1n) is 12.9. The lowest BCUT2D eigenvalue weighted by molar-refractivity contribution is -0.343. The number of alkyl halides is 6. The van der Waals surface area contributed by atoms with Gasteiger partial charge in [0.25, 0.3) is 0 Å². The first-order valence-corrected chi connectivity index (χ1v) is 12.9. The molecular formula is C27H44F6O2. The highest BCUT2D eigenvalue weighted by molar-refractivity contribution is 5.22. The summed E-state index contributed by atoms with van der Waals surface area (Å²) in [6.07, 6.45) is -4.90. The minimum atomic E-state index is -5.94. The molecule has 0 bridgehead atoms. The van der Waals surface area contributed by atoms with Gasteiger partial charge >= 0.3 is 18.0 Å². The fraction of sp³-hybridized carbons (Fsp3) is 0.926. The van der Waals surface area contributed by atoms with Crippen LogP contribution in [0.3, 0.4) is 0 Å². The largest absolute Gasteiger partial charge is 0.438 e. The van der Waals surface area contributed by atoms with Crippen molar-refractivity contribution in [3.05, 3.63) is 0 Å². The zero-order chi connectivity index (χ0) is 27.3. The molecular weight excluding hydrogens is 470 g/mol. The Hall–Kier alpha value is -0.940. The van der Waals surface area contributed by atoms with Gasteiger partial charge in [-0.2, -0.15) is 26.3 Å². The zero-order valence-corrected chi connectivity index (χ0v) is 22.0. The van der Waals surface area contributed by atoms with Crippen LogP contribution >= 0.6 is 0 Å². The maximum atomic E-state index is 13.0. The molecule has 0 saturated heterocycles. The predicted molar refractivity (Wildman–Crippen MR) is 126 cm³/mol. The van der Waals surface area contributed by atoms with Gasteiger partial charge in [0.05, 0.1) is 6.10 Å². The molecule has 0 aromatic carbocycles. The minimum absolute atomic E-state index is 0.0290. The van der Waals surface area contributed by atoms with E-state index in [1.54, 1.807) is 0 Å². The maximum Gasteiger partial charge on any atom is 0.438 e. The predicted octanol–water partition coefficient (Wildman–Crippen LogP) is 8.06. The van der Waals surface area contributed by atoms with Gasteiger partial charge in [-0.1, -0.05) is 73.1 Å². The van der Waals surface area contributed by atoms with Crippen molar-refractivity contribution in [3.63, 3.8) is 0 Å². The summed E-state index contributed by atoms with van der Waals surface area (Å²) in [5, 5.41) is 19.9. The average Bonchev–Trinajstić information content (AvgIpc) is 3.05. The lowest BCUT2D eigenvalue weighted by Gasteiger charge is -2.49. The summed E-state index contributed by atoms with van der Waals surface area (Å²) in [5.41, 5.74) is -5.88. The molecule has 5 atom stereocenters. The molecule has 1 unspecified atom stereocenters. The number of fused-ring (bicyclic) bond motifs is 1. The van der Waals surface area contributed by atoms with E-state index >= 15 is 0 Å². The Kier molecular flexibility index (Phi) is 11.1. The third kappa shape index (κ3) is 7.31. The normalized spacial score (nSPS) is 28.9. The van der Waals surface area contributed by atoms with Crippen LogP contribution in [0.5, 0.6) is 0 Å². The topological polar surface area (TPSA) is 40.5 Å². The van der Waals surface area contributed by atoms with E-state index in [2.05, 4.69) is 40.5 Å². The molecule has 0 radical (unpaired) electrons. The van der Waals surface area contributed by atoms with Crippen molar-refractivity contribution in [1.82, 2.24) is 0 Å². The van der Waals surface area contributed by atoms with Crippen molar-refractivity contribution in [2.24, 2.45) is 28.6 Å². The Morgan fingerprint density at radius 1 is 1.00 bits per heavy atom. The highest BCUT2D eigenvalue weighted by Crippen LogP contribution is 2.62. The maximum absolute atomic E-state index is 13.0. The minimum Gasteiger partial charge on any atom is -0.393 e. The van der Waals surface area contributed by atoms with Gasteiger partial charge in [-0.3, -0.25) is 0 Å². The van der Waals surface area contributed by atoms with Crippen LogP contribution in [0, 0.1) is 40.4 Å². The molecule has 8 heteroatoms. The molecule has 0 aromatic heterocycles. The van der Waals surface area contributed by atoms with Crippen LogP contribution in [0.1, 0.15) is 106 Å². The summed E-state index contributed by atoms with van der Waals surface area (Å²) >= 11 is 0. The second-order valence-corrected chi connectivity index (χ2v) is 11.5. The van der Waals surface area contributed by atoms with E-state index < -0.39 is 29.5 Å². The highest BCUT2D eigenvalue weighted by Gasteiger charge is 2.70. The SMILES string of the molecule is CC(C)CCC[C@](C)(CC#CC(O)(C(F)(F)F)C(F)(F)F)[C@H]1CCC2[C@@H](O)CCC[C@@]21C.CCC. The van der Waals surface area contributed by atoms with Gasteiger partial charge < -0.3 is 10.2 Å². The van der Waals surface area contributed by atoms with Crippen molar-refractivity contribution in [2.45, 2.75) is 130 Å². The van der Waals surface area contributed by atoms with Gasteiger partial charge in [0.1, 0.15) is 0 Å². The second kappa shape index (κ2) is 12.1. The van der Waals surface area contributed by atoms with Crippen molar-refractivity contribution >= 4 is 0 Å². The van der Waals surface area contributed by atoms with Gasteiger partial charge in [0.2, 0.25) is 0 Å². The van der Waals surface area contributed by atoms with Crippen molar-refractivity contribution in [1.29, 1.82) is 0 Å². The van der Waals surface area contributed by atoms with E-state index in [0.29, 0.717) is 12.3 Å². The third-order valence-corrected chi connectivity index (χ3v) is 8.04. The Labute approximate surface area is 207 Å². The Balaban J connectivity index is 0.00000194. The van der Waals surface area contributed by atoms with Crippen LogP contribution in [0.2, 0.25) is 0 Å². The quantitative estimate of drug-likeness (QED) is 0.278. The molecule has 2 aliphatic carbocycles. The van der Waals surface area contributed by atoms with Crippen molar-refractivity contribution in [2.75, 3.05) is 0 Å². The molecule has 0 aromatic rings. The molecule has 35 heavy (non-hydrogen) atoms. The summed E-state index contributed by atoms with van der Waals surface area (Å²) in [5.74, 6) is 3.81. The fourth-order valence-corrected chi connectivity index (χ4v) is 6.27. The van der Waals surface area contributed by atoms with E-state index in [4.69, 9.17) is 0 Å². The molecule has 2 aliphatic rings.